The molecule has 0 aromatic carbocycles. The monoisotopic (exact) mass is 195 g/mol. The third kappa shape index (κ3) is 2.74. The highest BCUT2D eigenvalue weighted by molar-refractivity contribution is 6.78. The van der Waals surface area contributed by atoms with E-state index in [1.807, 2.05) is 0 Å². The number of nitrogens with two attached hydrogens (primary N) is 1. The largest absolute Gasteiger partial charge is 0.380 e. The molecule has 0 aliphatic carbocycles. The Bertz CT molecular complexity index is 132. The molecule has 0 spiro atoms. The minimum atomic E-state index is -0.937. The summed E-state index contributed by atoms with van der Waals surface area (Å²) in [5, 5.41) is 0. The van der Waals surface area contributed by atoms with Gasteiger partial charge in [-0.25, -0.2) is 0 Å². The molecule has 2 atom stereocenters. The summed E-state index contributed by atoms with van der Waals surface area (Å²) >= 11 is 0. The third-order valence-electron chi connectivity index (χ3n) is 2.32. The van der Waals surface area contributed by atoms with E-state index < -0.39 is 8.07 Å². The summed E-state index contributed by atoms with van der Waals surface area (Å²) in [6.45, 7) is 4.76. The highest BCUT2D eigenvalue weighted by Gasteiger charge is 2.38. The molecule has 2 N–H and O–H groups in total. The van der Waals surface area contributed by atoms with Gasteiger partial charge in [-0.3, -0.25) is 0 Å². The van der Waals surface area contributed by atoms with Crippen molar-refractivity contribution in [2.75, 3.05) is 7.11 Å². The lowest BCUT2D eigenvalue weighted by Gasteiger charge is -2.13. The van der Waals surface area contributed by atoms with Crippen molar-refractivity contribution in [2.24, 2.45) is 5.73 Å². The molecule has 1 saturated heterocycles. The first kappa shape index (κ1) is 11.4. The van der Waals surface area contributed by atoms with Crippen molar-refractivity contribution in [2.45, 2.75) is 37.3 Å². The van der Waals surface area contributed by atoms with Gasteiger partial charge in [0.25, 0.3) is 0 Å². The normalized spacial score (nSPS) is 34.9. The predicted molar refractivity (Wildman–Crippen MR) is 53.1 cm³/mol. The zero-order valence-corrected chi connectivity index (χ0v) is 9.28. The molecule has 0 aromatic rings. The summed E-state index contributed by atoms with van der Waals surface area (Å²) in [5.41, 5.74) is 5.87. The molecule has 0 unspecified atom stereocenters. The lowest BCUT2D eigenvalue weighted by atomic mass is 10.2. The van der Waals surface area contributed by atoms with Crippen molar-refractivity contribution >= 4 is 20.5 Å². The Morgan fingerprint density at radius 1 is 1.36 bits per heavy atom. The van der Waals surface area contributed by atoms with Crippen LogP contribution in [0.1, 0.15) is 0 Å². The summed E-state index contributed by atoms with van der Waals surface area (Å²) in [6.07, 6.45) is 0.349. The standard InChI is InChI=1S/C7H17NOSi.ClH/c1-9-7-5-10(2,3)4-6(7)8;/h6-7H,4-5,8H2,1-3H3;1H/t6-,7-;/m0./s1. The smallest absolute Gasteiger partial charge is 0.0696 e. The summed E-state index contributed by atoms with van der Waals surface area (Å²) in [4.78, 5) is 0. The van der Waals surface area contributed by atoms with Crippen LogP contribution in [-0.4, -0.2) is 27.3 Å². The molecule has 1 aliphatic heterocycles. The summed E-state index contributed by atoms with van der Waals surface area (Å²) in [7, 11) is 0.827. The third-order valence-corrected chi connectivity index (χ3v) is 5.41. The molecular formula is C7H18ClNOSi. The van der Waals surface area contributed by atoms with Crippen molar-refractivity contribution in [1.29, 1.82) is 0 Å². The highest BCUT2D eigenvalue weighted by atomic mass is 35.5. The first-order valence-corrected chi connectivity index (χ1v) is 7.25. The van der Waals surface area contributed by atoms with E-state index in [1.165, 1.54) is 12.1 Å². The van der Waals surface area contributed by atoms with Crippen LogP contribution in [0.4, 0.5) is 0 Å². The van der Waals surface area contributed by atoms with Gasteiger partial charge in [-0.05, 0) is 12.1 Å². The summed E-state index contributed by atoms with van der Waals surface area (Å²) in [5.74, 6) is 0. The van der Waals surface area contributed by atoms with E-state index in [-0.39, 0.29) is 12.4 Å². The molecule has 1 heterocycles. The molecule has 0 bridgehead atoms. The Morgan fingerprint density at radius 2 is 1.91 bits per heavy atom. The van der Waals surface area contributed by atoms with Gasteiger partial charge in [0.05, 0.1) is 14.2 Å². The number of ether oxygens (including phenoxy) is 1. The molecule has 68 valence electrons. The van der Waals surface area contributed by atoms with Crippen LogP contribution >= 0.6 is 12.4 Å². The Hall–Kier alpha value is 0.427. The molecule has 0 amide bonds. The minimum Gasteiger partial charge on any atom is -0.380 e. The molecule has 0 radical (unpaired) electrons. The second-order valence-electron chi connectivity index (χ2n) is 4.01. The predicted octanol–water partition coefficient (Wildman–Crippen LogP) is 1.47. The maximum atomic E-state index is 5.87. The van der Waals surface area contributed by atoms with Crippen LogP contribution in [0.25, 0.3) is 0 Å². The van der Waals surface area contributed by atoms with Crippen molar-refractivity contribution in [3.63, 3.8) is 0 Å². The number of rotatable bonds is 1. The van der Waals surface area contributed by atoms with Crippen LogP contribution in [-0.2, 0) is 4.74 Å². The van der Waals surface area contributed by atoms with Gasteiger partial charge in [-0.15, -0.1) is 12.4 Å². The van der Waals surface area contributed by atoms with Crippen LogP contribution in [0, 0.1) is 0 Å². The maximum Gasteiger partial charge on any atom is 0.0696 e. The van der Waals surface area contributed by atoms with Gasteiger partial charge in [0, 0.05) is 13.2 Å². The molecule has 1 fully saturated rings. The van der Waals surface area contributed by atoms with Crippen molar-refractivity contribution in [3.05, 3.63) is 0 Å². The SMILES string of the molecule is CO[C@H]1C[Si](C)(C)C[C@@H]1N.Cl. The van der Waals surface area contributed by atoms with Crippen molar-refractivity contribution < 1.29 is 4.74 Å². The van der Waals surface area contributed by atoms with E-state index in [4.69, 9.17) is 10.5 Å². The molecule has 2 nitrogen and oxygen atoms in total. The second-order valence-corrected chi connectivity index (χ2v) is 9.16. The lowest BCUT2D eigenvalue weighted by molar-refractivity contribution is 0.108. The summed E-state index contributed by atoms with van der Waals surface area (Å²) < 4.78 is 5.27. The Kier molecular flexibility index (Phi) is 4.04. The first-order chi connectivity index (χ1) is 4.55. The quantitative estimate of drug-likeness (QED) is 0.644. The van der Waals surface area contributed by atoms with Crippen LogP contribution in [0.5, 0.6) is 0 Å². The lowest BCUT2D eigenvalue weighted by Crippen LogP contribution is -2.29. The second kappa shape index (κ2) is 3.89. The van der Waals surface area contributed by atoms with E-state index in [2.05, 4.69) is 13.1 Å². The van der Waals surface area contributed by atoms with Gasteiger partial charge < -0.3 is 10.5 Å². The van der Waals surface area contributed by atoms with Crippen LogP contribution < -0.4 is 5.73 Å². The number of hydrogen-bond acceptors (Lipinski definition) is 2. The van der Waals surface area contributed by atoms with Gasteiger partial charge >= 0.3 is 0 Å². The Balaban J connectivity index is 0.000001000. The number of hydrogen-bond donors (Lipinski definition) is 1. The average molecular weight is 196 g/mol. The fraction of sp³-hybridized carbons (Fsp3) is 1.00. The van der Waals surface area contributed by atoms with Crippen LogP contribution in [0.3, 0.4) is 0 Å². The molecule has 4 heteroatoms. The molecule has 11 heavy (non-hydrogen) atoms. The zero-order valence-electron chi connectivity index (χ0n) is 7.46. The number of methoxy groups -OCH3 is 1. The van der Waals surface area contributed by atoms with E-state index in [0.29, 0.717) is 12.1 Å². The van der Waals surface area contributed by atoms with Crippen LogP contribution in [0.15, 0.2) is 0 Å². The van der Waals surface area contributed by atoms with E-state index in [9.17, 15) is 0 Å². The van der Waals surface area contributed by atoms with Gasteiger partial charge in [0.1, 0.15) is 0 Å². The van der Waals surface area contributed by atoms with E-state index in [1.54, 1.807) is 7.11 Å². The molecule has 0 aromatic heterocycles. The Labute approximate surface area is 75.9 Å². The molecule has 1 rings (SSSR count). The van der Waals surface area contributed by atoms with Gasteiger partial charge in [0.15, 0.2) is 0 Å². The summed E-state index contributed by atoms with van der Waals surface area (Å²) in [6, 6.07) is 2.78. The topological polar surface area (TPSA) is 35.2 Å². The minimum absolute atomic E-state index is 0. The fourth-order valence-electron chi connectivity index (χ4n) is 1.81. The van der Waals surface area contributed by atoms with Gasteiger partial charge in [0.2, 0.25) is 0 Å². The fourth-order valence-corrected chi connectivity index (χ4v) is 5.07. The molecular weight excluding hydrogens is 178 g/mol. The van der Waals surface area contributed by atoms with Crippen LogP contribution in [0.2, 0.25) is 25.2 Å². The average Bonchev–Trinajstić information content (AvgIpc) is 2.05. The first-order valence-electron chi connectivity index (χ1n) is 3.83. The highest BCUT2D eigenvalue weighted by Crippen LogP contribution is 2.30. The molecule has 0 saturated carbocycles. The van der Waals surface area contributed by atoms with Crippen molar-refractivity contribution in [3.8, 4) is 0 Å². The van der Waals surface area contributed by atoms with Gasteiger partial charge in [-0.2, -0.15) is 0 Å². The van der Waals surface area contributed by atoms with Crippen molar-refractivity contribution in [1.82, 2.24) is 0 Å². The van der Waals surface area contributed by atoms with E-state index >= 15 is 0 Å². The van der Waals surface area contributed by atoms with E-state index in [0.717, 1.165) is 0 Å². The van der Waals surface area contributed by atoms with Gasteiger partial charge in [-0.1, -0.05) is 13.1 Å². The zero-order chi connectivity index (χ0) is 7.78. The maximum absolute atomic E-state index is 5.87. The number of halogens is 1. The Morgan fingerprint density at radius 3 is 2.09 bits per heavy atom. The molecule has 1 aliphatic rings.